The van der Waals surface area contributed by atoms with E-state index in [1.54, 1.807) is 7.11 Å². The maximum Gasteiger partial charge on any atom is 0.226 e. The quantitative estimate of drug-likeness (QED) is 0.809. The summed E-state index contributed by atoms with van der Waals surface area (Å²) in [6, 6.07) is 13.3. The molecule has 5 heteroatoms. The summed E-state index contributed by atoms with van der Waals surface area (Å²) in [4.78, 5) is 11.9. The zero-order valence-electron chi connectivity index (χ0n) is 12.7. The second-order valence-electron chi connectivity index (χ2n) is 4.92. The number of anilines is 2. The van der Waals surface area contributed by atoms with E-state index in [4.69, 9.17) is 4.74 Å². The Morgan fingerprint density at radius 3 is 2.45 bits per heavy atom. The second-order valence-corrected chi connectivity index (χ2v) is 5.77. The molecular weight excluding hydrogens is 344 g/mol. The van der Waals surface area contributed by atoms with Gasteiger partial charge in [-0.1, -0.05) is 22.0 Å². The molecule has 22 heavy (non-hydrogen) atoms. The van der Waals surface area contributed by atoms with Crippen LogP contribution in [0.2, 0.25) is 0 Å². The summed E-state index contributed by atoms with van der Waals surface area (Å²) in [5.41, 5.74) is 2.95. The van der Waals surface area contributed by atoms with Crippen LogP contribution in [0.15, 0.2) is 46.9 Å². The number of amides is 1. The molecule has 0 saturated carbocycles. The molecule has 0 spiro atoms. The molecule has 0 aliphatic heterocycles. The number of rotatable bonds is 6. The van der Waals surface area contributed by atoms with Gasteiger partial charge in [0.1, 0.15) is 5.75 Å². The average Bonchev–Trinajstić information content (AvgIpc) is 2.51. The van der Waals surface area contributed by atoms with E-state index in [1.165, 1.54) is 5.56 Å². The lowest BCUT2D eigenvalue weighted by Gasteiger charge is -2.09. The van der Waals surface area contributed by atoms with Crippen LogP contribution in [0.25, 0.3) is 0 Å². The normalized spacial score (nSPS) is 10.1. The fraction of sp³-hybridized carbons (Fsp3) is 0.235. The summed E-state index contributed by atoms with van der Waals surface area (Å²) >= 11 is 3.49. The van der Waals surface area contributed by atoms with E-state index in [1.807, 2.05) is 49.4 Å². The summed E-state index contributed by atoms with van der Waals surface area (Å²) in [5, 5.41) is 6.09. The number of benzene rings is 2. The lowest BCUT2D eigenvalue weighted by molar-refractivity contribution is -0.115. The van der Waals surface area contributed by atoms with Gasteiger partial charge in [-0.05, 0) is 48.9 Å². The first-order chi connectivity index (χ1) is 10.6. The van der Waals surface area contributed by atoms with Crippen molar-refractivity contribution in [1.82, 2.24) is 0 Å². The second kappa shape index (κ2) is 7.84. The molecule has 0 aliphatic carbocycles. The monoisotopic (exact) mass is 362 g/mol. The van der Waals surface area contributed by atoms with Crippen molar-refractivity contribution in [2.45, 2.75) is 13.3 Å². The van der Waals surface area contributed by atoms with Gasteiger partial charge in [0.2, 0.25) is 5.91 Å². The van der Waals surface area contributed by atoms with Crippen LogP contribution in [0, 0.1) is 6.92 Å². The van der Waals surface area contributed by atoms with E-state index in [9.17, 15) is 4.79 Å². The highest BCUT2D eigenvalue weighted by molar-refractivity contribution is 9.10. The largest absolute Gasteiger partial charge is 0.497 e. The predicted molar refractivity (Wildman–Crippen MR) is 93.6 cm³/mol. The lowest BCUT2D eigenvalue weighted by Crippen LogP contribution is -2.16. The number of carbonyl (C=O) groups is 1. The van der Waals surface area contributed by atoms with Crippen molar-refractivity contribution >= 4 is 33.2 Å². The molecule has 0 aliphatic rings. The van der Waals surface area contributed by atoms with Crippen LogP contribution in [0.1, 0.15) is 12.0 Å². The van der Waals surface area contributed by atoms with Crippen LogP contribution >= 0.6 is 15.9 Å². The van der Waals surface area contributed by atoms with Crippen molar-refractivity contribution in [2.24, 2.45) is 0 Å². The minimum absolute atomic E-state index is 0.0242. The fourth-order valence-electron chi connectivity index (χ4n) is 1.92. The van der Waals surface area contributed by atoms with Crippen LogP contribution in [-0.2, 0) is 4.79 Å². The molecule has 4 nitrogen and oxygen atoms in total. The highest BCUT2D eigenvalue weighted by Crippen LogP contribution is 2.20. The number of carbonyl (C=O) groups excluding carboxylic acids is 1. The molecule has 0 radical (unpaired) electrons. The molecule has 0 bridgehead atoms. The third kappa shape index (κ3) is 4.77. The Balaban J connectivity index is 1.78. The predicted octanol–water partition coefficient (Wildman–Crippen LogP) is 4.21. The van der Waals surface area contributed by atoms with Crippen LogP contribution < -0.4 is 15.4 Å². The number of nitrogens with one attached hydrogen (secondary N) is 2. The van der Waals surface area contributed by atoms with Gasteiger partial charge < -0.3 is 15.4 Å². The number of aryl methyl sites for hydroxylation is 1. The standard InChI is InChI=1S/C17H19BrN2O2/c1-12-3-4-14(11-16(12)18)19-10-9-17(21)20-13-5-7-15(22-2)8-6-13/h3-8,11,19H,9-10H2,1-2H3,(H,20,21). The van der Waals surface area contributed by atoms with Gasteiger partial charge in [-0.25, -0.2) is 0 Å². The number of hydrogen-bond donors (Lipinski definition) is 2. The Bertz CT molecular complexity index is 642. The highest BCUT2D eigenvalue weighted by atomic mass is 79.9. The first-order valence-electron chi connectivity index (χ1n) is 7.02. The van der Waals surface area contributed by atoms with Crippen LogP contribution in [-0.4, -0.2) is 19.6 Å². The summed E-state index contributed by atoms with van der Waals surface area (Å²) in [7, 11) is 1.61. The molecule has 0 atom stereocenters. The van der Waals surface area contributed by atoms with Gasteiger partial charge in [0.15, 0.2) is 0 Å². The van der Waals surface area contributed by atoms with Gasteiger partial charge in [-0.3, -0.25) is 4.79 Å². The number of hydrogen-bond acceptors (Lipinski definition) is 3. The maximum atomic E-state index is 11.9. The van der Waals surface area contributed by atoms with E-state index >= 15 is 0 Å². The van der Waals surface area contributed by atoms with E-state index < -0.39 is 0 Å². The lowest BCUT2D eigenvalue weighted by atomic mass is 10.2. The van der Waals surface area contributed by atoms with Crippen molar-refractivity contribution in [2.75, 3.05) is 24.3 Å². The van der Waals surface area contributed by atoms with Crippen molar-refractivity contribution in [1.29, 1.82) is 0 Å². The van der Waals surface area contributed by atoms with Gasteiger partial charge in [-0.15, -0.1) is 0 Å². The Morgan fingerprint density at radius 2 is 1.82 bits per heavy atom. The molecule has 2 N–H and O–H groups in total. The first-order valence-corrected chi connectivity index (χ1v) is 7.81. The zero-order chi connectivity index (χ0) is 15.9. The summed E-state index contributed by atoms with van der Waals surface area (Å²) in [6.07, 6.45) is 0.400. The molecule has 1 amide bonds. The van der Waals surface area contributed by atoms with Crippen molar-refractivity contribution in [3.8, 4) is 5.75 Å². The summed E-state index contributed by atoms with van der Waals surface area (Å²) in [5.74, 6) is 0.744. The van der Waals surface area contributed by atoms with E-state index in [-0.39, 0.29) is 5.91 Å². The van der Waals surface area contributed by atoms with E-state index in [2.05, 4.69) is 26.6 Å². The molecule has 0 unspecified atom stereocenters. The molecular formula is C17H19BrN2O2. The number of methoxy groups -OCH3 is 1. The van der Waals surface area contributed by atoms with Crippen LogP contribution in [0.5, 0.6) is 5.75 Å². The Kier molecular flexibility index (Phi) is 5.83. The number of halogens is 1. The van der Waals surface area contributed by atoms with Crippen molar-refractivity contribution < 1.29 is 9.53 Å². The zero-order valence-corrected chi connectivity index (χ0v) is 14.2. The van der Waals surface area contributed by atoms with Crippen molar-refractivity contribution in [3.63, 3.8) is 0 Å². The molecule has 2 rings (SSSR count). The average molecular weight is 363 g/mol. The van der Waals surface area contributed by atoms with E-state index in [0.29, 0.717) is 13.0 Å². The minimum Gasteiger partial charge on any atom is -0.497 e. The van der Waals surface area contributed by atoms with Gasteiger partial charge >= 0.3 is 0 Å². The third-order valence-electron chi connectivity index (χ3n) is 3.23. The topological polar surface area (TPSA) is 50.4 Å². The summed E-state index contributed by atoms with van der Waals surface area (Å²) < 4.78 is 6.14. The Morgan fingerprint density at radius 1 is 1.14 bits per heavy atom. The van der Waals surface area contributed by atoms with E-state index in [0.717, 1.165) is 21.6 Å². The molecule has 116 valence electrons. The molecule has 2 aromatic rings. The van der Waals surface area contributed by atoms with Crippen molar-refractivity contribution in [3.05, 3.63) is 52.5 Å². The molecule has 0 aromatic heterocycles. The van der Waals surface area contributed by atoms with Crippen LogP contribution in [0.4, 0.5) is 11.4 Å². The fourth-order valence-corrected chi connectivity index (χ4v) is 2.30. The SMILES string of the molecule is COc1ccc(NC(=O)CCNc2ccc(C)c(Br)c2)cc1. The third-order valence-corrected chi connectivity index (χ3v) is 4.08. The smallest absolute Gasteiger partial charge is 0.226 e. The van der Waals surface area contributed by atoms with Gasteiger partial charge in [0.05, 0.1) is 7.11 Å². The van der Waals surface area contributed by atoms with Gasteiger partial charge in [0, 0.05) is 28.8 Å². The van der Waals surface area contributed by atoms with Gasteiger partial charge in [-0.2, -0.15) is 0 Å². The minimum atomic E-state index is -0.0242. The molecule has 2 aromatic carbocycles. The van der Waals surface area contributed by atoms with Crippen LogP contribution in [0.3, 0.4) is 0 Å². The van der Waals surface area contributed by atoms with Gasteiger partial charge in [0.25, 0.3) is 0 Å². The Labute approximate surface area is 139 Å². The Hall–Kier alpha value is -2.01. The molecule has 0 heterocycles. The summed E-state index contributed by atoms with van der Waals surface area (Å²) in [6.45, 7) is 2.62. The first kappa shape index (κ1) is 16.4. The number of ether oxygens (including phenoxy) is 1. The highest BCUT2D eigenvalue weighted by Gasteiger charge is 2.03. The maximum absolute atomic E-state index is 11.9. The molecule has 0 saturated heterocycles. The molecule has 0 fully saturated rings.